The van der Waals surface area contributed by atoms with E-state index in [9.17, 15) is 0 Å². The summed E-state index contributed by atoms with van der Waals surface area (Å²) < 4.78 is 11.1. The topological polar surface area (TPSA) is 44.5 Å². The predicted molar refractivity (Wildman–Crippen MR) is 45.7 cm³/mol. The van der Waals surface area contributed by atoms with Crippen LogP contribution < -0.4 is 5.73 Å². The standard InChI is InChI=1S/C9H17NO2/c1-8(2)11-6-7(12-8)5-9(10)3-4-9/h7H,3-6,10H2,1-2H3. The molecule has 0 aromatic rings. The molecule has 1 atom stereocenters. The van der Waals surface area contributed by atoms with Crippen molar-refractivity contribution in [1.82, 2.24) is 0 Å². The quantitative estimate of drug-likeness (QED) is 0.674. The summed E-state index contributed by atoms with van der Waals surface area (Å²) in [7, 11) is 0. The van der Waals surface area contributed by atoms with E-state index in [0.717, 1.165) is 19.3 Å². The van der Waals surface area contributed by atoms with Gasteiger partial charge in [0.15, 0.2) is 5.79 Å². The van der Waals surface area contributed by atoms with Gasteiger partial charge in [-0.1, -0.05) is 0 Å². The van der Waals surface area contributed by atoms with Gasteiger partial charge in [-0.25, -0.2) is 0 Å². The molecule has 0 radical (unpaired) electrons. The number of ether oxygens (including phenoxy) is 2. The van der Waals surface area contributed by atoms with Crippen LogP contribution in [0.2, 0.25) is 0 Å². The Labute approximate surface area is 73.2 Å². The van der Waals surface area contributed by atoms with E-state index >= 15 is 0 Å². The average molecular weight is 171 g/mol. The van der Waals surface area contributed by atoms with Gasteiger partial charge in [0.2, 0.25) is 0 Å². The molecule has 1 saturated carbocycles. The molecular formula is C9H17NO2. The summed E-state index contributed by atoms with van der Waals surface area (Å²) >= 11 is 0. The highest BCUT2D eigenvalue weighted by atomic mass is 16.7. The van der Waals surface area contributed by atoms with Crippen molar-refractivity contribution in [3.05, 3.63) is 0 Å². The van der Waals surface area contributed by atoms with E-state index in [4.69, 9.17) is 15.2 Å². The van der Waals surface area contributed by atoms with E-state index in [0.29, 0.717) is 6.61 Å². The average Bonchev–Trinajstić information content (AvgIpc) is 2.53. The van der Waals surface area contributed by atoms with Crippen molar-refractivity contribution in [2.24, 2.45) is 5.73 Å². The zero-order valence-electron chi connectivity index (χ0n) is 7.80. The smallest absolute Gasteiger partial charge is 0.163 e. The van der Waals surface area contributed by atoms with Crippen molar-refractivity contribution < 1.29 is 9.47 Å². The minimum absolute atomic E-state index is 0.0778. The van der Waals surface area contributed by atoms with Crippen LogP contribution >= 0.6 is 0 Å². The highest BCUT2D eigenvalue weighted by Crippen LogP contribution is 2.39. The van der Waals surface area contributed by atoms with Gasteiger partial charge < -0.3 is 15.2 Å². The summed E-state index contributed by atoms with van der Waals surface area (Å²) in [6.45, 7) is 4.60. The lowest BCUT2D eigenvalue weighted by Crippen LogP contribution is -2.30. The Kier molecular flexibility index (Phi) is 1.72. The van der Waals surface area contributed by atoms with Crippen LogP contribution in [0.15, 0.2) is 0 Å². The first-order valence-corrected chi connectivity index (χ1v) is 4.60. The molecule has 2 aliphatic rings. The molecule has 70 valence electrons. The number of hydrogen-bond donors (Lipinski definition) is 1. The summed E-state index contributed by atoms with van der Waals surface area (Å²) in [5.74, 6) is -0.393. The first-order chi connectivity index (χ1) is 5.49. The molecule has 2 fully saturated rings. The Morgan fingerprint density at radius 3 is 2.50 bits per heavy atom. The second kappa shape index (κ2) is 2.44. The maximum atomic E-state index is 5.98. The van der Waals surface area contributed by atoms with Gasteiger partial charge in [-0.3, -0.25) is 0 Å². The van der Waals surface area contributed by atoms with Gasteiger partial charge in [0.25, 0.3) is 0 Å². The lowest BCUT2D eigenvalue weighted by molar-refractivity contribution is -0.139. The fourth-order valence-corrected chi connectivity index (χ4v) is 1.68. The van der Waals surface area contributed by atoms with E-state index in [1.165, 1.54) is 0 Å². The molecule has 1 aliphatic carbocycles. The lowest BCUT2D eigenvalue weighted by atomic mass is 10.1. The van der Waals surface area contributed by atoms with E-state index in [-0.39, 0.29) is 11.6 Å². The van der Waals surface area contributed by atoms with Crippen LogP contribution in [0.3, 0.4) is 0 Å². The molecule has 0 bridgehead atoms. The molecule has 2 rings (SSSR count). The summed E-state index contributed by atoms with van der Waals surface area (Å²) in [6, 6.07) is 0. The van der Waals surface area contributed by atoms with Gasteiger partial charge in [-0.05, 0) is 33.1 Å². The Balaban J connectivity index is 1.84. The lowest BCUT2D eigenvalue weighted by Gasteiger charge is -2.18. The fraction of sp³-hybridized carbons (Fsp3) is 1.00. The van der Waals surface area contributed by atoms with Gasteiger partial charge in [-0.15, -0.1) is 0 Å². The van der Waals surface area contributed by atoms with Gasteiger partial charge >= 0.3 is 0 Å². The van der Waals surface area contributed by atoms with Crippen LogP contribution in [-0.4, -0.2) is 24.0 Å². The molecule has 2 N–H and O–H groups in total. The van der Waals surface area contributed by atoms with Crippen LogP contribution in [0.4, 0.5) is 0 Å². The highest BCUT2D eigenvalue weighted by molar-refractivity contribution is 5.00. The van der Waals surface area contributed by atoms with Gasteiger partial charge in [0.05, 0.1) is 12.7 Å². The predicted octanol–water partition coefficient (Wildman–Crippen LogP) is 1.02. The highest BCUT2D eigenvalue weighted by Gasteiger charge is 2.44. The Morgan fingerprint density at radius 2 is 2.08 bits per heavy atom. The molecule has 0 spiro atoms. The van der Waals surface area contributed by atoms with E-state index in [2.05, 4.69) is 0 Å². The second-order valence-electron chi connectivity index (χ2n) is 4.52. The van der Waals surface area contributed by atoms with Crippen molar-refractivity contribution in [3.63, 3.8) is 0 Å². The van der Waals surface area contributed by atoms with Crippen molar-refractivity contribution in [3.8, 4) is 0 Å². The monoisotopic (exact) mass is 171 g/mol. The summed E-state index contributed by atoms with van der Waals surface area (Å²) in [4.78, 5) is 0. The van der Waals surface area contributed by atoms with Crippen molar-refractivity contribution in [1.29, 1.82) is 0 Å². The maximum absolute atomic E-state index is 5.98. The Morgan fingerprint density at radius 1 is 1.42 bits per heavy atom. The summed E-state index contributed by atoms with van der Waals surface area (Å²) in [6.07, 6.45) is 3.46. The van der Waals surface area contributed by atoms with Gasteiger partial charge in [0.1, 0.15) is 0 Å². The molecule has 0 aromatic heterocycles. The third-order valence-corrected chi connectivity index (χ3v) is 2.59. The van der Waals surface area contributed by atoms with Crippen LogP contribution in [-0.2, 0) is 9.47 Å². The molecule has 1 aliphatic heterocycles. The zero-order valence-corrected chi connectivity index (χ0v) is 7.80. The number of nitrogens with two attached hydrogens (primary N) is 1. The third-order valence-electron chi connectivity index (χ3n) is 2.59. The molecular weight excluding hydrogens is 154 g/mol. The number of hydrogen-bond acceptors (Lipinski definition) is 3. The third kappa shape index (κ3) is 1.79. The first-order valence-electron chi connectivity index (χ1n) is 4.60. The maximum Gasteiger partial charge on any atom is 0.163 e. The zero-order chi connectivity index (χ0) is 8.82. The van der Waals surface area contributed by atoms with Crippen LogP contribution in [0, 0.1) is 0 Å². The summed E-state index contributed by atoms with van der Waals surface area (Å²) in [5, 5.41) is 0. The largest absolute Gasteiger partial charge is 0.348 e. The molecule has 12 heavy (non-hydrogen) atoms. The van der Waals surface area contributed by atoms with Gasteiger partial charge in [-0.2, -0.15) is 0 Å². The van der Waals surface area contributed by atoms with Gasteiger partial charge in [0, 0.05) is 5.54 Å². The SMILES string of the molecule is CC1(C)OCC(CC2(N)CC2)O1. The van der Waals surface area contributed by atoms with E-state index in [1.807, 2.05) is 13.8 Å². The molecule has 3 heteroatoms. The molecule has 3 nitrogen and oxygen atoms in total. The van der Waals surface area contributed by atoms with Crippen LogP contribution in [0.25, 0.3) is 0 Å². The molecule has 1 unspecified atom stereocenters. The summed E-state index contributed by atoms with van der Waals surface area (Å²) in [5.41, 5.74) is 6.06. The molecule has 1 heterocycles. The Hall–Kier alpha value is -0.120. The van der Waals surface area contributed by atoms with Crippen molar-refractivity contribution >= 4 is 0 Å². The molecule has 1 saturated heterocycles. The van der Waals surface area contributed by atoms with Crippen molar-refractivity contribution in [2.45, 2.75) is 50.5 Å². The van der Waals surface area contributed by atoms with Crippen LogP contribution in [0.5, 0.6) is 0 Å². The second-order valence-corrected chi connectivity index (χ2v) is 4.52. The molecule has 0 amide bonds. The molecule has 0 aromatic carbocycles. The first kappa shape index (κ1) is 8.48. The normalized spacial score (nSPS) is 36.8. The minimum atomic E-state index is -0.393. The fourth-order valence-electron chi connectivity index (χ4n) is 1.68. The Bertz CT molecular complexity index is 187. The van der Waals surface area contributed by atoms with Crippen LogP contribution in [0.1, 0.15) is 33.1 Å². The minimum Gasteiger partial charge on any atom is -0.348 e. The van der Waals surface area contributed by atoms with Crippen molar-refractivity contribution in [2.75, 3.05) is 6.61 Å². The number of rotatable bonds is 2. The van der Waals surface area contributed by atoms with E-state index in [1.54, 1.807) is 0 Å². The van der Waals surface area contributed by atoms with E-state index < -0.39 is 5.79 Å².